The summed E-state index contributed by atoms with van der Waals surface area (Å²) in [4.78, 5) is 25.2. The molecule has 0 unspecified atom stereocenters. The van der Waals surface area contributed by atoms with Gasteiger partial charge in [0.15, 0.2) is 11.7 Å². The smallest absolute Gasteiger partial charge is 0.365 e. The summed E-state index contributed by atoms with van der Waals surface area (Å²) in [5.74, 6) is 0.441. The van der Waals surface area contributed by atoms with Gasteiger partial charge >= 0.3 is 5.97 Å². The second-order valence-corrected chi connectivity index (χ2v) is 6.96. The van der Waals surface area contributed by atoms with E-state index in [9.17, 15) is 4.79 Å². The maximum Gasteiger partial charge on any atom is 0.365 e. The van der Waals surface area contributed by atoms with Crippen molar-refractivity contribution in [3.05, 3.63) is 77.6 Å². The zero-order valence-electron chi connectivity index (χ0n) is 16.3. The van der Waals surface area contributed by atoms with Gasteiger partial charge in [0.05, 0.1) is 5.69 Å². The van der Waals surface area contributed by atoms with Crippen molar-refractivity contribution < 1.29 is 9.53 Å². The van der Waals surface area contributed by atoms with Crippen molar-refractivity contribution in [2.24, 2.45) is 15.7 Å². The van der Waals surface area contributed by atoms with Crippen LogP contribution in [0.15, 0.2) is 76.5 Å². The van der Waals surface area contributed by atoms with E-state index in [1.54, 1.807) is 6.20 Å². The SMILES string of the molecule is Cc1ccccc1C1=NC(=CN2CCN(C(N)=Nc3ccccc3)CC2)C(=O)O1. The van der Waals surface area contributed by atoms with Crippen molar-refractivity contribution in [2.45, 2.75) is 6.92 Å². The first-order chi connectivity index (χ1) is 14.1. The lowest BCUT2D eigenvalue weighted by Crippen LogP contribution is -2.49. The van der Waals surface area contributed by atoms with Gasteiger partial charge in [0.1, 0.15) is 0 Å². The monoisotopic (exact) mass is 389 g/mol. The van der Waals surface area contributed by atoms with Gasteiger partial charge in [-0.1, -0.05) is 36.4 Å². The molecule has 148 valence electrons. The lowest BCUT2D eigenvalue weighted by atomic mass is 10.1. The van der Waals surface area contributed by atoms with Crippen molar-refractivity contribution in [1.29, 1.82) is 0 Å². The molecule has 7 heteroatoms. The summed E-state index contributed by atoms with van der Waals surface area (Å²) in [5.41, 5.74) is 9.16. The summed E-state index contributed by atoms with van der Waals surface area (Å²) in [6.45, 7) is 4.84. The van der Waals surface area contributed by atoms with E-state index in [0.717, 1.165) is 43.0 Å². The van der Waals surface area contributed by atoms with E-state index in [-0.39, 0.29) is 0 Å². The third-order valence-electron chi connectivity index (χ3n) is 4.94. The molecule has 2 aliphatic rings. The minimum atomic E-state index is -0.421. The summed E-state index contributed by atoms with van der Waals surface area (Å²) >= 11 is 0. The molecule has 0 radical (unpaired) electrons. The molecule has 0 aliphatic carbocycles. The fraction of sp³-hybridized carbons (Fsp3) is 0.227. The van der Waals surface area contributed by atoms with Gasteiger partial charge in [0.2, 0.25) is 5.90 Å². The Bertz CT molecular complexity index is 989. The lowest BCUT2D eigenvalue weighted by Gasteiger charge is -2.34. The zero-order chi connectivity index (χ0) is 20.2. The molecule has 0 amide bonds. The molecule has 2 aromatic carbocycles. The van der Waals surface area contributed by atoms with Crippen LogP contribution in [0.2, 0.25) is 0 Å². The standard InChI is InChI=1S/C22H23N5O2/c1-16-7-5-6-10-18(16)20-25-19(21(28)29-20)15-26-11-13-27(14-12-26)22(23)24-17-8-3-2-4-9-17/h2-10,15H,11-14H2,1H3,(H2,23,24). The number of guanidine groups is 1. The Kier molecular flexibility index (Phi) is 5.29. The molecule has 7 nitrogen and oxygen atoms in total. The number of piperazine rings is 1. The van der Waals surface area contributed by atoms with Gasteiger partial charge in [-0.3, -0.25) is 0 Å². The van der Waals surface area contributed by atoms with Crippen LogP contribution >= 0.6 is 0 Å². The number of para-hydroxylation sites is 1. The van der Waals surface area contributed by atoms with Crippen LogP contribution < -0.4 is 5.73 Å². The number of cyclic esters (lactones) is 1. The van der Waals surface area contributed by atoms with Gasteiger partial charge in [-0.15, -0.1) is 0 Å². The van der Waals surface area contributed by atoms with Crippen LogP contribution in [0.4, 0.5) is 5.69 Å². The predicted octanol–water partition coefficient (Wildman–Crippen LogP) is 2.40. The van der Waals surface area contributed by atoms with E-state index in [0.29, 0.717) is 17.6 Å². The number of nitrogens with two attached hydrogens (primary N) is 1. The van der Waals surface area contributed by atoms with E-state index in [4.69, 9.17) is 10.5 Å². The molecule has 1 fully saturated rings. The van der Waals surface area contributed by atoms with Crippen molar-refractivity contribution in [3.63, 3.8) is 0 Å². The average molecular weight is 389 g/mol. The largest absolute Gasteiger partial charge is 0.402 e. The molecule has 0 bridgehead atoms. The molecule has 4 rings (SSSR count). The Morgan fingerprint density at radius 1 is 1.07 bits per heavy atom. The number of hydrogen-bond acceptors (Lipinski definition) is 5. The number of esters is 1. The van der Waals surface area contributed by atoms with Gasteiger partial charge in [-0.05, 0) is 30.7 Å². The van der Waals surface area contributed by atoms with Gasteiger partial charge < -0.3 is 20.3 Å². The molecule has 2 aliphatic heterocycles. The molecule has 0 aromatic heterocycles. The molecule has 0 saturated carbocycles. The Balaban J connectivity index is 1.41. The van der Waals surface area contributed by atoms with E-state index in [1.165, 1.54) is 0 Å². The van der Waals surface area contributed by atoms with Crippen LogP contribution in [-0.2, 0) is 9.53 Å². The number of nitrogens with zero attached hydrogens (tertiary/aromatic N) is 4. The second kappa shape index (κ2) is 8.18. The Morgan fingerprint density at radius 2 is 1.76 bits per heavy atom. The van der Waals surface area contributed by atoms with Gasteiger partial charge in [-0.25, -0.2) is 14.8 Å². The second-order valence-electron chi connectivity index (χ2n) is 6.96. The summed E-state index contributed by atoms with van der Waals surface area (Å²) in [6.07, 6.45) is 1.77. The van der Waals surface area contributed by atoms with Crippen LogP contribution in [0.5, 0.6) is 0 Å². The number of carbonyl (C=O) groups excluding carboxylic acids is 1. The highest BCUT2D eigenvalue weighted by atomic mass is 16.6. The van der Waals surface area contributed by atoms with Crippen LogP contribution in [0.25, 0.3) is 0 Å². The summed E-state index contributed by atoms with van der Waals surface area (Å²) in [7, 11) is 0. The topological polar surface area (TPSA) is 83.5 Å². The Morgan fingerprint density at radius 3 is 2.48 bits per heavy atom. The number of benzene rings is 2. The molecule has 0 atom stereocenters. The van der Waals surface area contributed by atoms with Crippen LogP contribution in [0.3, 0.4) is 0 Å². The normalized spacial score (nSPS) is 18.8. The highest BCUT2D eigenvalue weighted by Gasteiger charge is 2.26. The zero-order valence-corrected chi connectivity index (χ0v) is 16.3. The first-order valence-electron chi connectivity index (χ1n) is 9.57. The number of hydrogen-bond donors (Lipinski definition) is 1. The maximum absolute atomic E-state index is 12.2. The summed E-state index contributed by atoms with van der Waals surface area (Å²) in [5, 5.41) is 0. The van der Waals surface area contributed by atoms with Crippen molar-refractivity contribution in [3.8, 4) is 0 Å². The van der Waals surface area contributed by atoms with Crippen LogP contribution in [-0.4, -0.2) is 53.8 Å². The fourth-order valence-electron chi connectivity index (χ4n) is 3.29. The number of aliphatic imine (C=N–C) groups is 2. The summed E-state index contributed by atoms with van der Waals surface area (Å²) < 4.78 is 5.37. The molecule has 0 spiro atoms. The first-order valence-corrected chi connectivity index (χ1v) is 9.57. The summed E-state index contributed by atoms with van der Waals surface area (Å²) in [6, 6.07) is 17.4. The number of rotatable bonds is 3. The van der Waals surface area contributed by atoms with Crippen LogP contribution in [0.1, 0.15) is 11.1 Å². The van der Waals surface area contributed by atoms with Gasteiger partial charge in [-0.2, -0.15) is 0 Å². The van der Waals surface area contributed by atoms with E-state index >= 15 is 0 Å². The highest BCUT2D eigenvalue weighted by Crippen LogP contribution is 2.20. The van der Waals surface area contributed by atoms with Crippen molar-refractivity contribution in [2.75, 3.05) is 26.2 Å². The van der Waals surface area contributed by atoms with Crippen LogP contribution in [0, 0.1) is 6.92 Å². The first kappa shape index (κ1) is 18.7. The quantitative estimate of drug-likeness (QED) is 0.377. The fourth-order valence-corrected chi connectivity index (χ4v) is 3.29. The minimum absolute atomic E-state index is 0.322. The van der Waals surface area contributed by atoms with Gasteiger partial charge in [0, 0.05) is 37.9 Å². The molecular formula is C22H23N5O2. The van der Waals surface area contributed by atoms with Crippen molar-refractivity contribution in [1.82, 2.24) is 9.80 Å². The minimum Gasteiger partial charge on any atom is -0.402 e. The van der Waals surface area contributed by atoms with E-state index in [1.807, 2.05) is 66.4 Å². The van der Waals surface area contributed by atoms with Crippen molar-refractivity contribution >= 4 is 23.5 Å². The molecule has 1 saturated heterocycles. The number of carbonyl (C=O) groups is 1. The molecular weight excluding hydrogens is 366 g/mol. The van der Waals surface area contributed by atoms with E-state index < -0.39 is 5.97 Å². The third kappa shape index (κ3) is 4.29. The lowest BCUT2D eigenvalue weighted by molar-refractivity contribution is -0.130. The number of aryl methyl sites for hydroxylation is 1. The number of ether oxygens (including phenoxy) is 1. The highest BCUT2D eigenvalue weighted by molar-refractivity contribution is 6.11. The molecule has 2 N–H and O–H groups in total. The van der Waals surface area contributed by atoms with E-state index in [2.05, 4.69) is 14.9 Å². The average Bonchev–Trinajstić information content (AvgIpc) is 3.09. The Labute approximate surface area is 169 Å². The maximum atomic E-state index is 12.2. The molecule has 2 heterocycles. The molecule has 2 aromatic rings. The Hall–Kier alpha value is -3.61. The van der Waals surface area contributed by atoms with Gasteiger partial charge in [0.25, 0.3) is 0 Å². The molecule has 29 heavy (non-hydrogen) atoms. The predicted molar refractivity (Wildman–Crippen MR) is 113 cm³/mol. The third-order valence-corrected chi connectivity index (χ3v) is 4.94.